The molecule has 0 bridgehead atoms. The average molecular weight is 286 g/mol. The summed E-state index contributed by atoms with van der Waals surface area (Å²) in [6.07, 6.45) is 7.98. The minimum absolute atomic E-state index is 0.293. The first-order valence-corrected chi connectivity index (χ1v) is 7.53. The van der Waals surface area contributed by atoms with Crippen LogP contribution in [0.5, 0.6) is 0 Å². The number of hydrogen-bond donors (Lipinski definition) is 0. The average Bonchev–Trinajstić information content (AvgIpc) is 2.46. The molecule has 0 heterocycles. The lowest BCUT2D eigenvalue weighted by Crippen LogP contribution is -2.13. The van der Waals surface area contributed by atoms with Crippen LogP contribution in [0.15, 0.2) is 12.7 Å². The Bertz CT molecular complexity index is 253. The van der Waals surface area contributed by atoms with Gasteiger partial charge in [-0.3, -0.25) is 0 Å². The number of esters is 1. The molecule has 2 atom stereocenters. The molecule has 0 aliphatic heterocycles. The molecule has 0 amide bonds. The smallest absolute Gasteiger partial charge is 0.330 e. The molecule has 4 heteroatoms. The summed E-state index contributed by atoms with van der Waals surface area (Å²) in [7, 11) is 1.74. The van der Waals surface area contributed by atoms with Gasteiger partial charge >= 0.3 is 5.97 Å². The lowest BCUT2D eigenvalue weighted by molar-refractivity contribution is -0.137. The minimum atomic E-state index is -0.340. The molecule has 0 aliphatic rings. The molecule has 4 nitrogen and oxygen atoms in total. The minimum Gasteiger partial charge on any atom is -0.463 e. The SMILES string of the molecule is C=CC(=O)OCCCCCCOC(C)CCC(C)OC. The number of hydrogen-bond acceptors (Lipinski definition) is 4. The summed E-state index contributed by atoms with van der Waals surface area (Å²) in [4.78, 5) is 10.8. The summed E-state index contributed by atoms with van der Waals surface area (Å²) in [6, 6.07) is 0. The van der Waals surface area contributed by atoms with Crippen molar-refractivity contribution in [3.8, 4) is 0 Å². The van der Waals surface area contributed by atoms with Crippen LogP contribution in [-0.4, -0.2) is 38.5 Å². The second-order valence-corrected chi connectivity index (χ2v) is 5.09. The van der Waals surface area contributed by atoms with Crippen molar-refractivity contribution in [2.45, 2.75) is 64.6 Å². The van der Waals surface area contributed by atoms with E-state index in [1.807, 2.05) is 0 Å². The molecule has 0 fully saturated rings. The van der Waals surface area contributed by atoms with Crippen molar-refractivity contribution in [2.24, 2.45) is 0 Å². The fourth-order valence-corrected chi connectivity index (χ4v) is 1.74. The molecule has 0 aromatic rings. The summed E-state index contributed by atoms with van der Waals surface area (Å²) in [6.45, 7) is 8.82. The van der Waals surface area contributed by atoms with Gasteiger partial charge in [-0.05, 0) is 46.0 Å². The molecule has 2 unspecified atom stereocenters. The van der Waals surface area contributed by atoms with E-state index in [0.717, 1.165) is 45.1 Å². The van der Waals surface area contributed by atoms with E-state index >= 15 is 0 Å². The summed E-state index contributed by atoms with van der Waals surface area (Å²) < 4.78 is 15.9. The molecule has 0 radical (unpaired) electrons. The molecular weight excluding hydrogens is 256 g/mol. The van der Waals surface area contributed by atoms with Crippen molar-refractivity contribution in [2.75, 3.05) is 20.3 Å². The summed E-state index contributed by atoms with van der Waals surface area (Å²) >= 11 is 0. The van der Waals surface area contributed by atoms with Crippen molar-refractivity contribution in [3.63, 3.8) is 0 Å². The molecule has 0 aromatic carbocycles. The van der Waals surface area contributed by atoms with Crippen LogP contribution in [0.1, 0.15) is 52.4 Å². The highest BCUT2D eigenvalue weighted by atomic mass is 16.5. The normalized spacial score (nSPS) is 13.8. The van der Waals surface area contributed by atoms with Crippen molar-refractivity contribution >= 4 is 5.97 Å². The Kier molecular flexibility index (Phi) is 12.6. The van der Waals surface area contributed by atoms with Gasteiger partial charge in [0.15, 0.2) is 0 Å². The summed E-state index contributed by atoms with van der Waals surface area (Å²) in [5.74, 6) is -0.340. The molecule has 0 saturated carbocycles. The maximum absolute atomic E-state index is 10.8. The predicted octanol–water partition coefficient (Wildman–Crippen LogP) is 3.50. The fourth-order valence-electron chi connectivity index (χ4n) is 1.74. The van der Waals surface area contributed by atoms with E-state index in [0.29, 0.717) is 18.8 Å². The molecule has 0 aliphatic carbocycles. The zero-order chi connectivity index (χ0) is 15.2. The number of ether oxygens (including phenoxy) is 3. The second kappa shape index (κ2) is 13.1. The third-order valence-corrected chi connectivity index (χ3v) is 3.23. The van der Waals surface area contributed by atoms with Crippen molar-refractivity contribution in [3.05, 3.63) is 12.7 Å². The Morgan fingerprint density at radius 1 is 1.05 bits per heavy atom. The van der Waals surface area contributed by atoms with Crippen LogP contribution in [0.4, 0.5) is 0 Å². The highest BCUT2D eigenvalue weighted by Gasteiger charge is 2.05. The van der Waals surface area contributed by atoms with Gasteiger partial charge in [-0.25, -0.2) is 4.79 Å². The number of methoxy groups -OCH3 is 1. The van der Waals surface area contributed by atoms with Crippen LogP contribution in [0.25, 0.3) is 0 Å². The van der Waals surface area contributed by atoms with Crippen LogP contribution in [0.2, 0.25) is 0 Å². The van der Waals surface area contributed by atoms with E-state index in [9.17, 15) is 4.79 Å². The van der Waals surface area contributed by atoms with Gasteiger partial charge in [0.05, 0.1) is 18.8 Å². The van der Waals surface area contributed by atoms with E-state index in [-0.39, 0.29) is 5.97 Å². The highest BCUT2D eigenvalue weighted by Crippen LogP contribution is 2.08. The van der Waals surface area contributed by atoms with Gasteiger partial charge in [-0.1, -0.05) is 13.0 Å². The summed E-state index contributed by atoms with van der Waals surface area (Å²) in [5.41, 5.74) is 0. The van der Waals surface area contributed by atoms with Crippen LogP contribution >= 0.6 is 0 Å². The Labute approximate surface area is 123 Å². The van der Waals surface area contributed by atoms with Crippen molar-refractivity contribution in [1.29, 1.82) is 0 Å². The maximum Gasteiger partial charge on any atom is 0.330 e. The number of carbonyl (C=O) groups is 1. The third kappa shape index (κ3) is 12.2. The first-order chi connectivity index (χ1) is 9.60. The Morgan fingerprint density at radius 3 is 2.25 bits per heavy atom. The topological polar surface area (TPSA) is 44.8 Å². The van der Waals surface area contributed by atoms with Crippen LogP contribution < -0.4 is 0 Å². The summed E-state index contributed by atoms with van der Waals surface area (Å²) in [5, 5.41) is 0. The molecule has 0 saturated heterocycles. The number of rotatable bonds is 13. The number of unbranched alkanes of at least 4 members (excludes halogenated alkanes) is 3. The Hall–Kier alpha value is -0.870. The Morgan fingerprint density at radius 2 is 1.65 bits per heavy atom. The highest BCUT2D eigenvalue weighted by molar-refractivity contribution is 5.81. The van der Waals surface area contributed by atoms with Crippen LogP contribution in [0, 0.1) is 0 Å². The van der Waals surface area contributed by atoms with Gasteiger partial charge in [0.25, 0.3) is 0 Å². The van der Waals surface area contributed by atoms with Gasteiger partial charge in [-0.2, -0.15) is 0 Å². The lowest BCUT2D eigenvalue weighted by Gasteiger charge is -2.15. The van der Waals surface area contributed by atoms with Crippen LogP contribution in [-0.2, 0) is 19.0 Å². The van der Waals surface area contributed by atoms with Gasteiger partial charge in [-0.15, -0.1) is 0 Å². The first kappa shape index (κ1) is 19.1. The molecule has 0 N–H and O–H groups in total. The molecule has 0 spiro atoms. The number of carbonyl (C=O) groups excluding carboxylic acids is 1. The second-order valence-electron chi connectivity index (χ2n) is 5.09. The predicted molar refractivity (Wildman–Crippen MR) is 80.7 cm³/mol. The molecular formula is C16H30O4. The zero-order valence-electron chi connectivity index (χ0n) is 13.2. The van der Waals surface area contributed by atoms with E-state index in [2.05, 4.69) is 20.4 Å². The van der Waals surface area contributed by atoms with E-state index in [1.54, 1.807) is 7.11 Å². The van der Waals surface area contributed by atoms with Crippen molar-refractivity contribution in [1.82, 2.24) is 0 Å². The molecule has 0 aromatic heterocycles. The van der Waals surface area contributed by atoms with Gasteiger partial charge in [0.2, 0.25) is 0 Å². The fraction of sp³-hybridized carbons (Fsp3) is 0.812. The quantitative estimate of drug-likeness (QED) is 0.295. The zero-order valence-corrected chi connectivity index (χ0v) is 13.2. The van der Waals surface area contributed by atoms with E-state index in [1.165, 1.54) is 6.08 Å². The van der Waals surface area contributed by atoms with Crippen molar-refractivity contribution < 1.29 is 19.0 Å². The maximum atomic E-state index is 10.8. The van der Waals surface area contributed by atoms with E-state index < -0.39 is 0 Å². The standard InChI is InChI=1S/C16H30O4/c1-5-16(17)20-13-9-7-6-8-12-19-15(3)11-10-14(2)18-4/h5,14-15H,1,6-13H2,2-4H3. The van der Waals surface area contributed by atoms with Gasteiger partial charge < -0.3 is 14.2 Å². The molecule has 20 heavy (non-hydrogen) atoms. The first-order valence-electron chi connectivity index (χ1n) is 7.53. The van der Waals surface area contributed by atoms with E-state index in [4.69, 9.17) is 14.2 Å². The van der Waals surface area contributed by atoms with Gasteiger partial charge in [0, 0.05) is 19.8 Å². The third-order valence-electron chi connectivity index (χ3n) is 3.23. The molecule has 118 valence electrons. The Balaban J connectivity index is 3.26. The lowest BCUT2D eigenvalue weighted by atomic mass is 10.1. The molecule has 0 rings (SSSR count). The monoisotopic (exact) mass is 286 g/mol. The largest absolute Gasteiger partial charge is 0.463 e. The van der Waals surface area contributed by atoms with Gasteiger partial charge in [0.1, 0.15) is 0 Å². The van der Waals surface area contributed by atoms with Crippen LogP contribution in [0.3, 0.4) is 0 Å².